The monoisotopic (exact) mass is 434 g/mol. The molecular weight excluding hydrogens is 411 g/mol. The van der Waals surface area contributed by atoms with Crippen LogP contribution in [0.25, 0.3) is 21.8 Å². The van der Waals surface area contributed by atoms with E-state index in [0.717, 1.165) is 28.4 Å². The Kier molecular flexibility index (Phi) is 5.45. The molecule has 2 aromatic carbocycles. The fourth-order valence-electron chi connectivity index (χ4n) is 4.29. The maximum absolute atomic E-state index is 14.4. The van der Waals surface area contributed by atoms with Crippen molar-refractivity contribution in [2.45, 2.75) is 32.0 Å². The van der Waals surface area contributed by atoms with Crippen LogP contribution in [0.2, 0.25) is 0 Å². The molecular formula is C24H23FN4O3. The van der Waals surface area contributed by atoms with Gasteiger partial charge in [0.05, 0.1) is 18.8 Å². The van der Waals surface area contributed by atoms with Gasteiger partial charge in [0, 0.05) is 35.0 Å². The van der Waals surface area contributed by atoms with Crippen molar-refractivity contribution in [3.63, 3.8) is 0 Å². The van der Waals surface area contributed by atoms with Crippen LogP contribution in [0, 0.1) is 5.82 Å². The molecule has 1 N–H and O–H groups in total. The molecule has 1 amide bonds. The zero-order chi connectivity index (χ0) is 22.1. The molecule has 0 bridgehead atoms. The fraction of sp³-hybridized carbons (Fsp3) is 0.292. The van der Waals surface area contributed by atoms with E-state index in [2.05, 4.69) is 10.4 Å². The molecule has 3 heterocycles. The number of halogens is 1. The smallest absolute Gasteiger partial charge is 0.291 e. The van der Waals surface area contributed by atoms with Crippen molar-refractivity contribution in [1.29, 1.82) is 0 Å². The highest BCUT2D eigenvalue weighted by Gasteiger charge is 2.19. The summed E-state index contributed by atoms with van der Waals surface area (Å²) >= 11 is 0. The molecule has 1 atom stereocenters. The minimum atomic E-state index is -0.387. The summed E-state index contributed by atoms with van der Waals surface area (Å²) in [7, 11) is 0. The Morgan fingerprint density at radius 3 is 2.78 bits per heavy atom. The number of aromatic nitrogens is 3. The molecule has 1 saturated heterocycles. The van der Waals surface area contributed by atoms with Gasteiger partial charge in [0.1, 0.15) is 17.9 Å². The van der Waals surface area contributed by atoms with Gasteiger partial charge in [0.25, 0.3) is 5.56 Å². The lowest BCUT2D eigenvalue weighted by Crippen LogP contribution is -2.37. The third kappa shape index (κ3) is 3.78. The molecule has 0 saturated carbocycles. The number of amides is 1. The number of nitrogens with zero attached hydrogens (tertiary/aromatic N) is 3. The third-order valence-corrected chi connectivity index (χ3v) is 5.90. The molecule has 2 aromatic heterocycles. The number of para-hydroxylation sites is 1. The van der Waals surface area contributed by atoms with Crippen molar-refractivity contribution in [3.8, 4) is 0 Å². The number of ether oxygens (including phenoxy) is 1. The predicted octanol–water partition coefficient (Wildman–Crippen LogP) is 2.83. The number of fused-ring (bicyclic) bond motifs is 3. The number of rotatable bonds is 6. The first kappa shape index (κ1) is 20.4. The summed E-state index contributed by atoms with van der Waals surface area (Å²) in [5.41, 5.74) is 1.30. The second-order valence-corrected chi connectivity index (χ2v) is 8.00. The first-order valence-electron chi connectivity index (χ1n) is 10.7. The van der Waals surface area contributed by atoms with E-state index in [0.29, 0.717) is 29.6 Å². The molecule has 0 unspecified atom stereocenters. The van der Waals surface area contributed by atoms with E-state index >= 15 is 0 Å². The number of hydrogen-bond acceptors (Lipinski definition) is 4. The lowest BCUT2D eigenvalue weighted by atomic mass is 10.2. The molecule has 7 nitrogen and oxygen atoms in total. The predicted molar refractivity (Wildman–Crippen MR) is 119 cm³/mol. The van der Waals surface area contributed by atoms with Gasteiger partial charge >= 0.3 is 0 Å². The van der Waals surface area contributed by atoms with E-state index in [9.17, 15) is 14.0 Å². The molecule has 0 spiro atoms. The van der Waals surface area contributed by atoms with Gasteiger partial charge < -0.3 is 14.6 Å². The summed E-state index contributed by atoms with van der Waals surface area (Å²) in [4.78, 5) is 25.8. The Hall–Kier alpha value is -3.52. The highest BCUT2D eigenvalue weighted by atomic mass is 19.1. The van der Waals surface area contributed by atoms with Crippen LogP contribution in [-0.2, 0) is 22.6 Å². The fourth-order valence-corrected chi connectivity index (χ4v) is 4.29. The van der Waals surface area contributed by atoms with Gasteiger partial charge in [0.2, 0.25) is 5.91 Å². The van der Waals surface area contributed by atoms with Crippen molar-refractivity contribution >= 4 is 27.7 Å². The molecule has 164 valence electrons. The number of carbonyl (C=O) groups excluding carboxylic acids is 1. The van der Waals surface area contributed by atoms with E-state index in [1.165, 1.54) is 6.07 Å². The average molecular weight is 434 g/mol. The zero-order valence-electron chi connectivity index (χ0n) is 17.5. The minimum Gasteiger partial charge on any atom is -0.376 e. The maximum Gasteiger partial charge on any atom is 0.291 e. The summed E-state index contributed by atoms with van der Waals surface area (Å²) in [6.07, 6.45) is 3.53. The lowest BCUT2D eigenvalue weighted by molar-refractivity contribution is -0.122. The van der Waals surface area contributed by atoms with Gasteiger partial charge in [-0.25, -0.2) is 9.07 Å². The molecule has 8 heteroatoms. The van der Waals surface area contributed by atoms with Gasteiger partial charge in [-0.05, 0) is 25.0 Å². The topological polar surface area (TPSA) is 78.2 Å². The van der Waals surface area contributed by atoms with Crippen LogP contribution in [0.1, 0.15) is 18.4 Å². The normalized spacial score (nSPS) is 16.1. The SMILES string of the molecule is O=C(Cn1ncc2c3ccccc3n(Cc3ccccc3F)c2c1=O)NC[C@@H]1CCCO1. The van der Waals surface area contributed by atoms with Crippen molar-refractivity contribution in [2.75, 3.05) is 13.2 Å². The Bertz CT molecular complexity index is 1350. The Balaban J connectivity index is 1.52. The first-order valence-corrected chi connectivity index (χ1v) is 10.7. The summed E-state index contributed by atoms with van der Waals surface area (Å²) in [6, 6.07) is 14.1. The summed E-state index contributed by atoms with van der Waals surface area (Å²) in [5, 5.41) is 8.59. The summed E-state index contributed by atoms with van der Waals surface area (Å²) in [6.45, 7) is 1.14. The van der Waals surface area contributed by atoms with Gasteiger partial charge in [-0.1, -0.05) is 36.4 Å². The molecule has 1 aliphatic heterocycles. The van der Waals surface area contributed by atoms with Crippen LogP contribution < -0.4 is 10.9 Å². The van der Waals surface area contributed by atoms with Gasteiger partial charge in [0.15, 0.2) is 0 Å². The number of benzene rings is 2. The van der Waals surface area contributed by atoms with Crippen LogP contribution in [0.5, 0.6) is 0 Å². The van der Waals surface area contributed by atoms with Crippen molar-refractivity contribution in [2.24, 2.45) is 0 Å². The Morgan fingerprint density at radius 2 is 1.97 bits per heavy atom. The highest BCUT2D eigenvalue weighted by molar-refractivity contribution is 6.07. The van der Waals surface area contributed by atoms with E-state index < -0.39 is 0 Å². The van der Waals surface area contributed by atoms with Crippen LogP contribution in [0.15, 0.2) is 59.5 Å². The molecule has 5 rings (SSSR count). The lowest BCUT2D eigenvalue weighted by Gasteiger charge is -2.12. The number of carbonyl (C=O) groups is 1. The minimum absolute atomic E-state index is 0.0226. The molecule has 1 fully saturated rings. The molecule has 32 heavy (non-hydrogen) atoms. The first-order chi connectivity index (χ1) is 15.6. The van der Waals surface area contributed by atoms with E-state index in [1.54, 1.807) is 29.0 Å². The zero-order valence-corrected chi connectivity index (χ0v) is 17.5. The highest BCUT2D eigenvalue weighted by Crippen LogP contribution is 2.27. The maximum atomic E-state index is 14.4. The second-order valence-electron chi connectivity index (χ2n) is 8.00. The number of hydrogen-bond donors (Lipinski definition) is 1. The van der Waals surface area contributed by atoms with Crippen molar-refractivity contribution < 1.29 is 13.9 Å². The summed E-state index contributed by atoms with van der Waals surface area (Å²) < 4.78 is 22.8. The van der Waals surface area contributed by atoms with Crippen molar-refractivity contribution in [3.05, 3.63) is 76.5 Å². The largest absolute Gasteiger partial charge is 0.376 e. The van der Waals surface area contributed by atoms with E-state index in [-0.39, 0.29) is 36.5 Å². The standard InChI is InChI=1S/C24H23FN4O3/c25-20-9-3-1-6-16(20)14-28-21-10-4-2-8-18(21)19-13-27-29(24(31)23(19)28)15-22(30)26-12-17-7-5-11-32-17/h1-4,6,8-10,13,17H,5,7,11-12,14-15H2,(H,26,30)/t17-/m0/s1. The van der Waals surface area contributed by atoms with Gasteiger partial charge in [-0.2, -0.15) is 5.10 Å². The van der Waals surface area contributed by atoms with Gasteiger partial charge in [-0.3, -0.25) is 9.59 Å². The van der Waals surface area contributed by atoms with Crippen LogP contribution in [-0.4, -0.2) is 39.5 Å². The van der Waals surface area contributed by atoms with E-state index in [1.807, 2.05) is 24.3 Å². The molecule has 4 aromatic rings. The van der Waals surface area contributed by atoms with Crippen LogP contribution >= 0.6 is 0 Å². The van der Waals surface area contributed by atoms with Crippen LogP contribution in [0.4, 0.5) is 4.39 Å². The second kappa shape index (κ2) is 8.55. The molecule has 0 radical (unpaired) electrons. The number of nitrogens with one attached hydrogen (secondary N) is 1. The molecule has 1 aliphatic rings. The molecule has 0 aliphatic carbocycles. The average Bonchev–Trinajstić information content (AvgIpc) is 3.43. The third-order valence-electron chi connectivity index (χ3n) is 5.90. The quantitative estimate of drug-likeness (QED) is 0.506. The Morgan fingerprint density at radius 1 is 1.16 bits per heavy atom. The summed E-state index contributed by atoms with van der Waals surface area (Å²) in [5.74, 6) is -0.632. The van der Waals surface area contributed by atoms with E-state index in [4.69, 9.17) is 4.74 Å². The Labute approximate surface area is 183 Å². The van der Waals surface area contributed by atoms with Gasteiger partial charge in [-0.15, -0.1) is 0 Å². The van der Waals surface area contributed by atoms with Crippen LogP contribution in [0.3, 0.4) is 0 Å². The van der Waals surface area contributed by atoms with Crippen molar-refractivity contribution in [1.82, 2.24) is 19.7 Å².